The molecule has 0 spiro atoms. The quantitative estimate of drug-likeness (QED) is 0.855. The molecule has 0 bridgehead atoms. The molecule has 2 rings (SSSR count). The van der Waals surface area contributed by atoms with E-state index in [1.165, 1.54) is 6.08 Å². The summed E-state index contributed by atoms with van der Waals surface area (Å²) in [5.74, 6) is -0.244. The molecule has 2 aromatic rings. The normalized spacial score (nSPS) is 10.2. The lowest BCUT2D eigenvalue weighted by Crippen LogP contribution is -2.08. The molecule has 3 nitrogen and oxygen atoms in total. The van der Waals surface area contributed by atoms with Gasteiger partial charge in [-0.05, 0) is 29.7 Å². The van der Waals surface area contributed by atoms with Crippen molar-refractivity contribution in [1.29, 1.82) is 5.26 Å². The minimum Gasteiger partial charge on any atom is -0.321 e. The Kier molecular flexibility index (Phi) is 3.90. The van der Waals surface area contributed by atoms with Gasteiger partial charge in [0.15, 0.2) is 0 Å². The Morgan fingerprint density at radius 3 is 2.83 bits per heavy atom. The highest BCUT2D eigenvalue weighted by Crippen LogP contribution is 2.14. The van der Waals surface area contributed by atoms with Crippen molar-refractivity contribution in [2.45, 2.75) is 0 Å². The van der Waals surface area contributed by atoms with Gasteiger partial charge < -0.3 is 5.32 Å². The van der Waals surface area contributed by atoms with Crippen LogP contribution in [0.4, 0.5) is 5.69 Å². The van der Waals surface area contributed by atoms with E-state index < -0.39 is 0 Å². The fourth-order valence-corrected chi connectivity index (χ4v) is 2.03. The molecule has 0 radical (unpaired) electrons. The molecule has 0 aliphatic carbocycles. The number of nitriles is 1. The minimum atomic E-state index is -0.244. The number of para-hydroxylation sites is 1. The van der Waals surface area contributed by atoms with Gasteiger partial charge in [-0.3, -0.25) is 4.79 Å². The first-order valence-corrected chi connectivity index (χ1v) is 6.19. The number of rotatable bonds is 3. The summed E-state index contributed by atoms with van der Waals surface area (Å²) in [5.41, 5.74) is 0.983. The first kappa shape index (κ1) is 12.1. The Balaban J connectivity index is 2.06. The first-order chi connectivity index (χ1) is 8.79. The van der Waals surface area contributed by atoms with Gasteiger partial charge >= 0.3 is 0 Å². The van der Waals surface area contributed by atoms with E-state index >= 15 is 0 Å². The summed E-state index contributed by atoms with van der Waals surface area (Å²) < 4.78 is 0. The van der Waals surface area contributed by atoms with E-state index in [1.54, 1.807) is 41.7 Å². The average Bonchev–Trinajstić information content (AvgIpc) is 2.90. The van der Waals surface area contributed by atoms with Crippen molar-refractivity contribution < 1.29 is 4.79 Å². The second kappa shape index (κ2) is 5.80. The van der Waals surface area contributed by atoms with Gasteiger partial charge in [0.2, 0.25) is 5.91 Å². The molecule has 88 valence electrons. The second-order valence-electron chi connectivity index (χ2n) is 3.50. The van der Waals surface area contributed by atoms with Crippen LogP contribution in [0, 0.1) is 11.3 Å². The van der Waals surface area contributed by atoms with Crippen LogP contribution in [0.2, 0.25) is 0 Å². The van der Waals surface area contributed by atoms with Gasteiger partial charge in [0.1, 0.15) is 6.07 Å². The molecule has 1 amide bonds. The maximum absolute atomic E-state index is 11.7. The SMILES string of the molecule is N#Cc1ccccc1NC(=O)/C=C\c1cccs1. The Morgan fingerprint density at radius 1 is 1.28 bits per heavy atom. The number of hydrogen-bond donors (Lipinski definition) is 1. The van der Waals surface area contributed by atoms with Crippen molar-refractivity contribution in [3.05, 3.63) is 58.3 Å². The van der Waals surface area contributed by atoms with Crippen LogP contribution in [0.1, 0.15) is 10.4 Å². The zero-order valence-electron chi connectivity index (χ0n) is 9.46. The van der Waals surface area contributed by atoms with Crippen LogP contribution < -0.4 is 5.32 Å². The van der Waals surface area contributed by atoms with Crippen molar-refractivity contribution in [3.8, 4) is 6.07 Å². The molecular weight excluding hydrogens is 244 g/mol. The van der Waals surface area contributed by atoms with Crippen molar-refractivity contribution in [2.75, 3.05) is 5.32 Å². The fourth-order valence-electron chi connectivity index (χ4n) is 1.41. The van der Waals surface area contributed by atoms with Crippen LogP contribution >= 0.6 is 11.3 Å². The Bertz CT molecular complexity index is 609. The average molecular weight is 254 g/mol. The number of carbonyl (C=O) groups excluding carboxylic acids is 1. The molecule has 4 heteroatoms. The minimum absolute atomic E-state index is 0.244. The lowest BCUT2D eigenvalue weighted by atomic mass is 10.2. The lowest BCUT2D eigenvalue weighted by molar-refractivity contribution is -0.111. The standard InChI is InChI=1S/C14H10N2OS/c15-10-11-4-1-2-6-13(11)16-14(17)8-7-12-5-3-9-18-12/h1-9H,(H,16,17)/b8-7-. The van der Waals surface area contributed by atoms with Crippen LogP contribution in [0.5, 0.6) is 0 Å². The summed E-state index contributed by atoms with van der Waals surface area (Å²) in [6.45, 7) is 0. The molecule has 18 heavy (non-hydrogen) atoms. The molecular formula is C14H10N2OS. The number of benzene rings is 1. The highest BCUT2D eigenvalue weighted by molar-refractivity contribution is 7.10. The number of hydrogen-bond acceptors (Lipinski definition) is 3. The van der Waals surface area contributed by atoms with Crippen LogP contribution in [-0.2, 0) is 4.79 Å². The van der Waals surface area contributed by atoms with Crippen molar-refractivity contribution in [2.24, 2.45) is 0 Å². The van der Waals surface area contributed by atoms with Crippen molar-refractivity contribution in [3.63, 3.8) is 0 Å². The number of thiophene rings is 1. The summed E-state index contributed by atoms with van der Waals surface area (Å²) in [6.07, 6.45) is 3.20. The molecule has 0 aliphatic heterocycles. The summed E-state index contributed by atoms with van der Waals surface area (Å²) in [6, 6.07) is 12.8. The van der Waals surface area contributed by atoms with Gasteiger partial charge in [-0.15, -0.1) is 11.3 Å². The Hall–Kier alpha value is -2.38. The molecule has 0 saturated heterocycles. The number of carbonyl (C=O) groups is 1. The molecule has 1 N–H and O–H groups in total. The van der Waals surface area contributed by atoms with E-state index in [0.717, 1.165) is 4.88 Å². The van der Waals surface area contributed by atoms with Gasteiger partial charge in [-0.2, -0.15) is 5.26 Å². The van der Waals surface area contributed by atoms with Gasteiger partial charge in [-0.25, -0.2) is 0 Å². The summed E-state index contributed by atoms with van der Waals surface area (Å²) in [5, 5.41) is 13.5. The third-order valence-corrected chi connectivity index (χ3v) is 3.09. The highest BCUT2D eigenvalue weighted by atomic mass is 32.1. The van der Waals surface area contributed by atoms with Crippen LogP contribution in [-0.4, -0.2) is 5.91 Å². The Morgan fingerprint density at radius 2 is 2.11 bits per heavy atom. The number of anilines is 1. The van der Waals surface area contributed by atoms with Gasteiger partial charge in [-0.1, -0.05) is 18.2 Å². The van der Waals surface area contributed by atoms with Gasteiger partial charge in [0.25, 0.3) is 0 Å². The smallest absolute Gasteiger partial charge is 0.248 e. The Labute approximate surface area is 109 Å². The number of nitrogens with zero attached hydrogens (tertiary/aromatic N) is 1. The third kappa shape index (κ3) is 3.06. The zero-order valence-corrected chi connectivity index (χ0v) is 10.3. The van der Waals surface area contributed by atoms with E-state index in [1.807, 2.05) is 23.6 Å². The molecule has 0 saturated carbocycles. The number of amides is 1. The molecule has 1 aromatic carbocycles. The predicted octanol–water partition coefficient (Wildman–Crippen LogP) is 3.27. The van der Waals surface area contributed by atoms with E-state index in [9.17, 15) is 4.79 Å². The summed E-state index contributed by atoms with van der Waals surface area (Å²) in [7, 11) is 0. The first-order valence-electron chi connectivity index (χ1n) is 5.31. The monoisotopic (exact) mass is 254 g/mol. The second-order valence-corrected chi connectivity index (χ2v) is 4.47. The third-order valence-electron chi connectivity index (χ3n) is 2.25. The van der Waals surface area contributed by atoms with E-state index in [-0.39, 0.29) is 5.91 Å². The maximum Gasteiger partial charge on any atom is 0.248 e. The molecule has 1 aromatic heterocycles. The van der Waals surface area contributed by atoms with Crippen LogP contribution in [0.25, 0.3) is 6.08 Å². The molecule has 0 aliphatic rings. The van der Waals surface area contributed by atoms with E-state index in [0.29, 0.717) is 11.3 Å². The van der Waals surface area contributed by atoms with Gasteiger partial charge in [0, 0.05) is 11.0 Å². The zero-order chi connectivity index (χ0) is 12.8. The highest BCUT2D eigenvalue weighted by Gasteiger charge is 2.02. The maximum atomic E-state index is 11.7. The molecule has 0 atom stereocenters. The summed E-state index contributed by atoms with van der Waals surface area (Å²) in [4.78, 5) is 12.7. The van der Waals surface area contributed by atoms with Crippen LogP contribution in [0.15, 0.2) is 47.9 Å². The molecule has 0 fully saturated rings. The number of nitrogens with one attached hydrogen (secondary N) is 1. The van der Waals surface area contributed by atoms with Crippen molar-refractivity contribution in [1.82, 2.24) is 0 Å². The van der Waals surface area contributed by atoms with E-state index in [2.05, 4.69) is 5.32 Å². The predicted molar refractivity (Wildman–Crippen MR) is 73.1 cm³/mol. The topological polar surface area (TPSA) is 52.9 Å². The lowest BCUT2D eigenvalue weighted by Gasteiger charge is -2.03. The van der Waals surface area contributed by atoms with Crippen molar-refractivity contribution >= 4 is 29.0 Å². The largest absolute Gasteiger partial charge is 0.321 e. The molecule has 1 heterocycles. The summed E-state index contributed by atoms with van der Waals surface area (Å²) >= 11 is 1.56. The fraction of sp³-hybridized carbons (Fsp3) is 0. The van der Waals surface area contributed by atoms with Gasteiger partial charge in [0.05, 0.1) is 11.3 Å². The van der Waals surface area contributed by atoms with E-state index in [4.69, 9.17) is 5.26 Å². The molecule has 0 unspecified atom stereocenters. The van der Waals surface area contributed by atoms with Crippen LogP contribution in [0.3, 0.4) is 0 Å².